The van der Waals surface area contributed by atoms with Crippen molar-refractivity contribution >= 4 is 12.0 Å². The van der Waals surface area contributed by atoms with Crippen LogP contribution in [0.25, 0.3) is 6.08 Å². The standard InChI is InChI=1S/C23H31NO3/c25-23(24-16-10-7-11-17-24)13-9-6-4-2-1-3-5-8-12-20-14-15-21-22(18-20)27-19-26-21/h8-9,12-15,18H,1-7,10-11,16-17,19H2/b12-8+,13-9+. The van der Waals surface area contributed by atoms with E-state index < -0.39 is 0 Å². The molecule has 0 saturated carbocycles. The Kier molecular flexibility index (Phi) is 7.82. The topological polar surface area (TPSA) is 38.8 Å². The van der Waals surface area contributed by atoms with Gasteiger partial charge in [-0.2, -0.15) is 0 Å². The molecule has 1 aromatic carbocycles. The van der Waals surface area contributed by atoms with E-state index in [4.69, 9.17) is 9.47 Å². The van der Waals surface area contributed by atoms with E-state index in [2.05, 4.69) is 24.3 Å². The largest absolute Gasteiger partial charge is 0.454 e. The van der Waals surface area contributed by atoms with Crippen molar-refractivity contribution in [3.05, 3.63) is 42.0 Å². The van der Waals surface area contributed by atoms with E-state index in [9.17, 15) is 4.79 Å². The molecule has 0 N–H and O–H groups in total. The third-order valence-electron chi connectivity index (χ3n) is 5.13. The number of hydrogen-bond acceptors (Lipinski definition) is 3. The quantitative estimate of drug-likeness (QED) is 0.436. The van der Waals surface area contributed by atoms with E-state index in [0.717, 1.165) is 62.3 Å². The zero-order valence-corrected chi connectivity index (χ0v) is 16.2. The molecule has 0 unspecified atom stereocenters. The molecule has 0 aromatic heterocycles. The van der Waals surface area contributed by atoms with Gasteiger partial charge in [0.1, 0.15) is 0 Å². The number of nitrogens with zero attached hydrogens (tertiary/aromatic N) is 1. The van der Waals surface area contributed by atoms with Gasteiger partial charge in [0.2, 0.25) is 12.7 Å². The molecule has 1 saturated heterocycles. The smallest absolute Gasteiger partial charge is 0.246 e. The number of hydrogen-bond donors (Lipinski definition) is 0. The van der Waals surface area contributed by atoms with E-state index in [-0.39, 0.29) is 5.91 Å². The van der Waals surface area contributed by atoms with E-state index in [1.165, 1.54) is 25.7 Å². The molecule has 1 amide bonds. The van der Waals surface area contributed by atoms with Gasteiger partial charge in [-0.3, -0.25) is 4.79 Å². The number of carbonyl (C=O) groups is 1. The van der Waals surface area contributed by atoms with Crippen LogP contribution in [0.5, 0.6) is 11.5 Å². The third-order valence-corrected chi connectivity index (χ3v) is 5.13. The maximum absolute atomic E-state index is 12.0. The van der Waals surface area contributed by atoms with Crippen LogP contribution in [0.3, 0.4) is 0 Å². The lowest BCUT2D eigenvalue weighted by Crippen LogP contribution is -2.34. The van der Waals surface area contributed by atoms with Gasteiger partial charge >= 0.3 is 0 Å². The first-order chi connectivity index (χ1) is 13.3. The number of rotatable bonds is 9. The highest BCUT2D eigenvalue weighted by atomic mass is 16.7. The maximum atomic E-state index is 12.0. The summed E-state index contributed by atoms with van der Waals surface area (Å²) in [5.41, 5.74) is 1.16. The minimum Gasteiger partial charge on any atom is -0.454 e. The lowest BCUT2D eigenvalue weighted by molar-refractivity contribution is -0.126. The minimum atomic E-state index is 0.198. The number of unbranched alkanes of at least 4 members (excludes halogenated alkanes) is 5. The van der Waals surface area contributed by atoms with Gasteiger partial charge in [-0.05, 0) is 68.7 Å². The van der Waals surface area contributed by atoms with Crippen molar-refractivity contribution < 1.29 is 14.3 Å². The Balaban J connectivity index is 1.21. The molecule has 0 spiro atoms. The summed E-state index contributed by atoms with van der Waals surface area (Å²) in [7, 11) is 0. The Morgan fingerprint density at radius 1 is 0.926 bits per heavy atom. The molecule has 1 fully saturated rings. The number of allylic oxidation sites excluding steroid dienone is 2. The molecular weight excluding hydrogens is 338 g/mol. The summed E-state index contributed by atoms with van der Waals surface area (Å²) >= 11 is 0. The molecule has 0 bridgehead atoms. The predicted molar refractivity (Wildman–Crippen MR) is 109 cm³/mol. The van der Waals surface area contributed by atoms with E-state index >= 15 is 0 Å². The molecule has 3 rings (SSSR count). The second-order valence-corrected chi connectivity index (χ2v) is 7.29. The summed E-state index contributed by atoms with van der Waals surface area (Å²) in [6, 6.07) is 6.05. The lowest BCUT2D eigenvalue weighted by Gasteiger charge is -2.25. The number of fused-ring (bicyclic) bond motifs is 1. The van der Waals surface area contributed by atoms with Crippen LogP contribution in [-0.2, 0) is 4.79 Å². The number of benzene rings is 1. The van der Waals surface area contributed by atoms with Crippen molar-refractivity contribution in [2.45, 2.75) is 57.8 Å². The van der Waals surface area contributed by atoms with Gasteiger partial charge in [-0.25, -0.2) is 0 Å². The molecule has 2 aliphatic rings. The Morgan fingerprint density at radius 3 is 2.48 bits per heavy atom. The van der Waals surface area contributed by atoms with Gasteiger partial charge in [-0.1, -0.05) is 37.1 Å². The molecule has 1 aromatic rings. The van der Waals surface area contributed by atoms with Crippen molar-refractivity contribution in [3.8, 4) is 11.5 Å². The molecule has 0 aliphatic carbocycles. The summed E-state index contributed by atoms with van der Waals surface area (Å²) in [6.07, 6.45) is 18.7. The van der Waals surface area contributed by atoms with E-state index in [0.29, 0.717) is 6.79 Å². The molecular formula is C23H31NO3. The first-order valence-corrected chi connectivity index (χ1v) is 10.3. The highest BCUT2D eigenvalue weighted by Gasteiger charge is 2.13. The third kappa shape index (κ3) is 6.46. The van der Waals surface area contributed by atoms with Gasteiger partial charge in [0, 0.05) is 13.1 Å². The van der Waals surface area contributed by atoms with Crippen molar-refractivity contribution in [1.82, 2.24) is 4.90 Å². The fourth-order valence-corrected chi connectivity index (χ4v) is 3.52. The van der Waals surface area contributed by atoms with Gasteiger partial charge in [-0.15, -0.1) is 0 Å². The van der Waals surface area contributed by atoms with Crippen LogP contribution in [0.4, 0.5) is 0 Å². The van der Waals surface area contributed by atoms with Crippen LogP contribution in [0, 0.1) is 0 Å². The number of amides is 1. The molecule has 27 heavy (non-hydrogen) atoms. The molecule has 0 atom stereocenters. The summed E-state index contributed by atoms with van der Waals surface area (Å²) in [5.74, 6) is 1.87. The molecule has 2 aliphatic heterocycles. The number of carbonyl (C=O) groups excluding carboxylic acids is 1. The Morgan fingerprint density at radius 2 is 1.67 bits per heavy atom. The Labute approximate surface area is 162 Å². The highest BCUT2D eigenvalue weighted by Crippen LogP contribution is 2.32. The van der Waals surface area contributed by atoms with Crippen molar-refractivity contribution in [3.63, 3.8) is 0 Å². The average molecular weight is 370 g/mol. The predicted octanol–water partition coefficient (Wildman–Crippen LogP) is 5.34. The van der Waals surface area contributed by atoms with Crippen molar-refractivity contribution in [2.75, 3.05) is 19.9 Å². The normalized spacial score (nSPS) is 16.5. The number of ether oxygens (including phenoxy) is 2. The number of likely N-dealkylation sites (tertiary alicyclic amines) is 1. The molecule has 4 heteroatoms. The van der Waals surface area contributed by atoms with Gasteiger partial charge < -0.3 is 14.4 Å². The molecule has 2 heterocycles. The van der Waals surface area contributed by atoms with Crippen LogP contribution in [0.2, 0.25) is 0 Å². The first kappa shape index (κ1) is 19.5. The first-order valence-electron chi connectivity index (χ1n) is 10.3. The molecule has 146 valence electrons. The Bertz CT molecular complexity index is 660. The van der Waals surface area contributed by atoms with E-state index in [1.807, 2.05) is 17.0 Å². The Hall–Kier alpha value is -2.23. The van der Waals surface area contributed by atoms with Crippen LogP contribution >= 0.6 is 0 Å². The van der Waals surface area contributed by atoms with Crippen molar-refractivity contribution in [1.29, 1.82) is 0 Å². The second kappa shape index (κ2) is 10.8. The van der Waals surface area contributed by atoms with Crippen LogP contribution < -0.4 is 9.47 Å². The molecule has 4 nitrogen and oxygen atoms in total. The van der Waals surface area contributed by atoms with Crippen LogP contribution in [0.1, 0.15) is 63.4 Å². The fraction of sp³-hybridized carbons (Fsp3) is 0.522. The summed E-state index contributed by atoms with van der Waals surface area (Å²) in [4.78, 5) is 14.0. The zero-order valence-electron chi connectivity index (χ0n) is 16.2. The number of piperidine rings is 1. The van der Waals surface area contributed by atoms with Gasteiger partial charge in [0.25, 0.3) is 0 Å². The monoisotopic (exact) mass is 369 g/mol. The zero-order chi connectivity index (χ0) is 18.7. The van der Waals surface area contributed by atoms with Crippen molar-refractivity contribution in [2.24, 2.45) is 0 Å². The molecule has 0 radical (unpaired) electrons. The van der Waals surface area contributed by atoms with Gasteiger partial charge in [0.05, 0.1) is 0 Å². The lowest BCUT2D eigenvalue weighted by atomic mass is 10.1. The average Bonchev–Trinajstić information content (AvgIpc) is 3.17. The summed E-state index contributed by atoms with van der Waals surface area (Å²) in [6.45, 7) is 2.19. The van der Waals surface area contributed by atoms with Crippen LogP contribution in [0.15, 0.2) is 36.4 Å². The van der Waals surface area contributed by atoms with E-state index in [1.54, 1.807) is 6.08 Å². The maximum Gasteiger partial charge on any atom is 0.246 e. The minimum absolute atomic E-state index is 0.198. The summed E-state index contributed by atoms with van der Waals surface area (Å²) in [5, 5.41) is 0. The van der Waals surface area contributed by atoms with Gasteiger partial charge in [0.15, 0.2) is 11.5 Å². The fourth-order valence-electron chi connectivity index (χ4n) is 3.52. The summed E-state index contributed by atoms with van der Waals surface area (Å²) < 4.78 is 10.7. The SMILES string of the molecule is O=C(/C=C/CCCCCC/C=C/c1ccc2c(c1)OCO2)N1CCCCC1. The highest BCUT2D eigenvalue weighted by molar-refractivity contribution is 5.87. The second-order valence-electron chi connectivity index (χ2n) is 7.29. The van der Waals surface area contributed by atoms with Crippen LogP contribution in [-0.4, -0.2) is 30.7 Å².